The molecule has 1 aromatic carbocycles. The van der Waals surface area contributed by atoms with Gasteiger partial charge in [0, 0.05) is 12.0 Å². The Morgan fingerprint density at radius 1 is 1.19 bits per heavy atom. The molecule has 2 heterocycles. The van der Waals surface area contributed by atoms with Crippen LogP contribution < -0.4 is 11.5 Å². The molecule has 2 aromatic heterocycles. The monoisotopic (exact) mass is 421 g/mol. The van der Waals surface area contributed by atoms with E-state index in [1.165, 1.54) is 18.4 Å². The quantitative estimate of drug-likeness (QED) is 0.513. The second kappa shape index (κ2) is 9.43. The summed E-state index contributed by atoms with van der Waals surface area (Å²) < 4.78 is 0. The minimum absolute atomic E-state index is 0.0528. The standard InChI is InChI=1S/C23H31N7O/c1-15-7-9-17(10-8-15)30(14-21(25)31)12-11-18(16-5-3-2-4-6-16)19-13-20(24)26-23-22(19)27-29-28-23/h2-6,13,15,17-18H,7-12,14H2,1H3,(H2,25,31)(H3,24,26,27,28,29)/t15?,17?,18-/m1/s1. The molecule has 164 valence electrons. The summed E-state index contributed by atoms with van der Waals surface area (Å²) in [5.41, 5.74) is 15.1. The Morgan fingerprint density at radius 2 is 1.94 bits per heavy atom. The molecule has 8 nitrogen and oxygen atoms in total. The summed E-state index contributed by atoms with van der Waals surface area (Å²) in [6.45, 7) is 3.36. The van der Waals surface area contributed by atoms with Crippen molar-refractivity contribution in [2.75, 3.05) is 18.8 Å². The summed E-state index contributed by atoms with van der Waals surface area (Å²) >= 11 is 0. The molecule has 31 heavy (non-hydrogen) atoms. The van der Waals surface area contributed by atoms with Crippen molar-refractivity contribution in [3.05, 3.63) is 47.5 Å². The van der Waals surface area contributed by atoms with Gasteiger partial charge in [-0.05, 0) is 61.8 Å². The van der Waals surface area contributed by atoms with Crippen LogP contribution in [0.1, 0.15) is 56.1 Å². The lowest BCUT2D eigenvalue weighted by Gasteiger charge is -2.36. The highest BCUT2D eigenvalue weighted by Gasteiger charge is 2.27. The normalized spacial score (nSPS) is 20.2. The number of nitrogens with two attached hydrogens (primary N) is 2. The second-order valence-electron chi connectivity index (χ2n) is 8.73. The lowest BCUT2D eigenvalue weighted by Crippen LogP contribution is -2.43. The maximum atomic E-state index is 11.8. The number of rotatable bonds is 8. The van der Waals surface area contributed by atoms with Crippen molar-refractivity contribution in [2.24, 2.45) is 11.7 Å². The number of carbonyl (C=O) groups excluding carboxylic acids is 1. The maximum Gasteiger partial charge on any atom is 0.231 e. The zero-order valence-electron chi connectivity index (χ0n) is 18.0. The molecule has 1 aliphatic carbocycles. The summed E-state index contributed by atoms with van der Waals surface area (Å²) in [4.78, 5) is 18.4. The van der Waals surface area contributed by atoms with E-state index in [-0.39, 0.29) is 11.8 Å². The molecule has 0 aliphatic heterocycles. The van der Waals surface area contributed by atoms with Crippen LogP contribution >= 0.6 is 0 Å². The molecule has 0 spiro atoms. The molecular formula is C23H31N7O. The average Bonchev–Trinajstić information content (AvgIpc) is 3.22. The number of pyridine rings is 1. The number of amides is 1. The van der Waals surface area contributed by atoms with Crippen molar-refractivity contribution in [2.45, 2.75) is 51.0 Å². The van der Waals surface area contributed by atoms with Gasteiger partial charge < -0.3 is 11.5 Å². The first-order valence-electron chi connectivity index (χ1n) is 11.1. The Balaban J connectivity index is 1.63. The second-order valence-corrected chi connectivity index (χ2v) is 8.73. The molecule has 5 N–H and O–H groups in total. The van der Waals surface area contributed by atoms with Crippen LogP contribution in [0.2, 0.25) is 0 Å². The number of hydrogen-bond acceptors (Lipinski definition) is 6. The van der Waals surface area contributed by atoms with Crippen LogP contribution in [0.3, 0.4) is 0 Å². The predicted molar refractivity (Wildman–Crippen MR) is 121 cm³/mol. The fraction of sp³-hybridized carbons (Fsp3) is 0.478. The van der Waals surface area contributed by atoms with E-state index in [0.29, 0.717) is 24.1 Å². The number of nitrogen functional groups attached to an aromatic ring is 1. The number of primary amides is 1. The Bertz CT molecular complexity index is 1010. The topological polar surface area (TPSA) is 127 Å². The first kappa shape index (κ1) is 21.2. The number of fused-ring (bicyclic) bond motifs is 1. The van der Waals surface area contributed by atoms with E-state index < -0.39 is 0 Å². The van der Waals surface area contributed by atoms with Crippen LogP contribution in [0.5, 0.6) is 0 Å². The number of anilines is 1. The van der Waals surface area contributed by atoms with Crippen molar-refractivity contribution < 1.29 is 4.79 Å². The Hall–Kier alpha value is -3.00. The van der Waals surface area contributed by atoms with Gasteiger partial charge in [-0.2, -0.15) is 10.3 Å². The van der Waals surface area contributed by atoms with E-state index in [1.807, 2.05) is 24.3 Å². The predicted octanol–water partition coefficient (Wildman–Crippen LogP) is 2.82. The minimum atomic E-state index is -0.276. The van der Waals surface area contributed by atoms with Gasteiger partial charge in [0.15, 0.2) is 0 Å². The number of nitrogens with one attached hydrogen (secondary N) is 1. The molecule has 1 fully saturated rings. The summed E-state index contributed by atoms with van der Waals surface area (Å²) in [5.74, 6) is 0.954. The van der Waals surface area contributed by atoms with Crippen molar-refractivity contribution in [3.8, 4) is 0 Å². The Kier molecular flexibility index (Phi) is 6.46. The van der Waals surface area contributed by atoms with Crippen LogP contribution in [0.25, 0.3) is 11.2 Å². The number of H-pyrrole nitrogens is 1. The molecule has 4 rings (SSSR count). The van der Waals surface area contributed by atoms with Gasteiger partial charge in [-0.3, -0.25) is 9.69 Å². The lowest BCUT2D eigenvalue weighted by molar-refractivity contribution is -0.120. The Labute approximate surface area is 182 Å². The molecule has 1 saturated carbocycles. The van der Waals surface area contributed by atoms with Gasteiger partial charge in [-0.15, -0.1) is 5.10 Å². The molecule has 0 radical (unpaired) electrons. The van der Waals surface area contributed by atoms with Crippen molar-refractivity contribution in [1.82, 2.24) is 25.3 Å². The SMILES string of the molecule is CC1CCC(N(CC[C@H](c2ccccc2)c2cc(N)nc3n[nH]nc23)CC(N)=O)CC1. The molecule has 1 amide bonds. The van der Waals surface area contributed by atoms with E-state index in [0.717, 1.165) is 42.8 Å². The number of nitrogens with zero attached hydrogens (tertiary/aromatic N) is 4. The third kappa shape index (κ3) is 5.02. The molecule has 0 saturated heterocycles. The van der Waals surface area contributed by atoms with E-state index in [4.69, 9.17) is 11.5 Å². The molecule has 1 atom stereocenters. The zero-order chi connectivity index (χ0) is 21.8. The summed E-state index contributed by atoms with van der Waals surface area (Å²) in [7, 11) is 0. The van der Waals surface area contributed by atoms with E-state index >= 15 is 0 Å². The fourth-order valence-electron chi connectivity index (χ4n) is 4.83. The van der Waals surface area contributed by atoms with E-state index in [2.05, 4.69) is 44.4 Å². The number of carbonyl (C=O) groups is 1. The van der Waals surface area contributed by atoms with Gasteiger partial charge in [0.2, 0.25) is 11.6 Å². The molecule has 8 heteroatoms. The van der Waals surface area contributed by atoms with Gasteiger partial charge in [-0.1, -0.05) is 37.3 Å². The highest BCUT2D eigenvalue weighted by Crippen LogP contribution is 2.34. The summed E-state index contributed by atoms with van der Waals surface area (Å²) in [5, 5.41) is 11.1. The summed E-state index contributed by atoms with van der Waals surface area (Å²) in [6.07, 6.45) is 5.43. The third-order valence-corrected chi connectivity index (χ3v) is 6.48. The highest BCUT2D eigenvalue weighted by atomic mass is 16.1. The van der Waals surface area contributed by atoms with Crippen LogP contribution in [0, 0.1) is 5.92 Å². The van der Waals surface area contributed by atoms with Gasteiger partial charge in [0.25, 0.3) is 0 Å². The van der Waals surface area contributed by atoms with E-state index in [9.17, 15) is 4.79 Å². The minimum Gasteiger partial charge on any atom is -0.384 e. The summed E-state index contributed by atoms with van der Waals surface area (Å²) in [6, 6.07) is 12.6. The number of benzene rings is 1. The van der Waals surface area contributed by atoms with Gasteiger partial charge >= 0.3 is 0 Å². The van der Waals surface area contributed by atoms with Crippen LogP contribution in [0.4, 0.5) is 5.82 Å². The lowest BCUT2D eigenvalue weighted by atomic mass is 9.85. The van der Waals surface area contributed by atoms with Crippen LogP contribution in [-0.2, 0) is 4.79 Å². The van der Waals surface area contributed by atoms with Crippen molar-refractivity contribution in [3.63, 3.8) is 0 Å². The van der Waals surface area contributed by atoms with Gasteiger partial charge in [0.1, 0.15) is 11.3 Å². The van der Waals surface area contributed by atoms with Crippen molar-refractivity contribution in [1.29, 1.82) is 0 Å². The third-order valence-electron chi connectivity index (χ3n) is 6.48. The van der Waals surface area contributed by atoms with Crippen LogP contribution in [-0.4, -0.2) is 50.3 Å². The first-order chi connectivity index (χ1) is 15.0. The van der Waals surface area contributed by atoms with Crippen molar-refractivity contribution >= 4 is 22.9 Å². The molecule has 0 unspecified atom stereocenters. The van der Waals surface area contributed by atoms with Crippen LogP contribution in [0.15, 0.2) is 36.4 Å². The molecule has 3 aromatic rings. The molecular weight excluding hydrogens is 390 g/mol. The largest absolute Gasteiger partial charge is 0.384 e. The highest BCUT2D eigenvalue weighted by molar-refractivity contribution is 5.77. The first-order valence-corrected chi connectivity index (χ1v) is 11.1. The maximum absolute atomic E-state index is 11.8. The fourth-order valence-corrected chi connectivity index (χ4v) is 4.83. The smallest absolute Gasteiger partial charge is 0.231 e. The van der Waals surface area contributed by atoms with Gasteiger partial charge in [-0.25, -0.2) is 4.98 Å². The average molecular weight is 422 g/mol. The number of hydrogen-bond donors (Lipinski definition) is 3. The zero-order valence-corrected chi connectivity index (χ0v) is 18.0. The molecule has 0 bridgehead atoms. The Morgan fingerprint density at radius 3 is 2.65 bits per heavy atom. The van der Waals surface area contributed by atoms with E-state index in [1.54, 1.807) is 0 Å². The van der Waals surface area contributed by atoms with Gasteiger partial charge in [0.05, 0.1) is 6.54 Å². The number of aromatic nitrogens is 4. The molecule has 1 aliphatic rings. The number of aromatic amines is 1.